The quantitative estimate of drug-likeness (QED) is 0.686. The zero-order valence-corrected chi connectivity index (χ0v) is 11.1. The summed E-state index contributed by atoms with van der Waals surface area (Å²) in [4.78, 5) is 10.8. The number of hydrogen-bond acceptors (Lipinski definition) is 3. The topological polar surface area (TPSA) is 69.6 Å². The maximum absolute atomic E-state index is 10.8. The van der Waals surface area contributed by atoms with Crippen LogP contribution >= 0.6 is 0 Å². The molecular weight excluding hydrogens is 218 g/mol. The van der Waals surface area contributed by atoms with E-state index in [4.69, 9.17) is 5.11 Å². The number of aliphatic carboxylic acids is 1. The molecule has 0 saturated heterocycles. The lowest BCUT2D eigenvalue weighted by atomic mass is 9.77. The van der Waals surface area contributed by atoms with Crippen molar-refractivity contribution in [3.8, 4) is 0 Å². The molecule has 1 rings (SSSR count). The predicted molar refractivity (Wildman–Crippen MR) is 66.8 cm³/mol. The molecule has 1 saturated carbocycles. The van der Waals surface area contributed by atoms with Crippen molar-refractivity contribution in [1.29, 1.82) is 0 Å². The van der Waals surface area contributed by atoms with Gasteiger partial charge in [0.25, 0.3) is 0 Å². The Balaban J connectivity index is 2.51. The lowest BCUT2D eigenvalue weighted by Gasteiger charge is -2.36. The average Bonchev–Trinajstić information content (AvgIpc) is 2.26. The molecule has 3 unspecified atom stereocenters. The molecule has 0 heterocycles. The Morgan fingerprint density at radius 3 is 2.53 bits per heavy atom. The Labute approximate surface area is 103 Å². The second-order valence-electron chi connectivity index (χ2n) is 5.76. The molecule has 4 nitrogen and oxygen atoms in total. The number of carboxylic acids is 1. The zero-order valence-electron chi connectivity index (χ0n) is 11.1. The fourth-order valence-electron chi connectivity index (χ4n) is 2.62. The van der Waals surface area contributed by atoms with E-state index in [1.54, 1.807) is 0 Å². The summed E-state index contributed by atoms with van der Waals surface area (Å²) in [6.07, 6.45) is 4.73. The van der Waals surface area contributed by atoms with Crippen molar-refractivity contribution in [3.63, 3.8) is 0 Å². The summed E-state index contributed by atoms with van der Waals surface area (Å²) in [6, 6.07) is 0.342. The molecule has 17 heavy (non-hydrogen) atoms. The second kappa shape index (κ2) is 5.83. The van der Waals surface area contributed by atoms with Gasteiger partial charge in [-0.3, -0.25) is 0 Å². The van der Waals surface area contributed by atoms with Crippen LogP contribution in [-0.2, 0) is 4.79 Å². The molecule has 3 N–H and O–H groups in total. The van der Waals surface area contributed by atoms with Crippen LogP contribution in [0.3, 0.4) is 0 Å². The fraction of sp³-hybridized carbons (Fsp3) is 0.923. The molecule has 4 heteroatoms. The highest BCUT2D eigenvalue weighted by atomic mass is 16.4. The van der Waals surface area contributed by atoms with E-state index in [0.717, 1.165) is 6.42 Å². The minimum absolute atomic E-state index is 0.121. The Bertz CT molecular complexity index is 263. The molecule has 0 aromatic carbocycles. The predicted octanol–water partition coefficient (Wildman–Crippen LogP) is 1.63. The third-order valence-corrected chi connectivity index (χ3v) is 3.84. The van der Waals surface area contributed by atoms with Crippen LogP contribution in [0.15, 0.2) is 0 Å². The molecule has 0 amide bonds. The van der Waals surface area contributed by atoms with Crippen LogP contribution in [0.1, 0.15) is 46.5 Å². The van der Waals surface area contributed by atoms with Crippen molar-refractivity contribution in [2.24, 2.45) is 11.8 Å². The van der Waals surface area contributed by atoms with Gasteiger partial charge in [0.15, 0.2) is 5.60 Å². The van der Waals surface area contributed by atoms with Crippen molar-refractivity contribution < 1.29 is 15.0 Å². The highest BCUT2D eigenvalue weighted by Gasteiger charge is 2.33. The summed E-state index contributed by atoms with van der Waals surface area (Å²) in [5.74, 6) is 0.0258. The molecule has 0 radical (unpaired) electrons. The number of aliphatic hydroxyl groups is 1. The lowest BCUT2D eigenvalue weighted by molar-refractivity contribution is -0.156. The minimum atomic E-state index is -1.67. The number of carboxylic acid groups (broad SMARTS) is 1. The van der Waals surface area contributed by atoms with E-state index in [1.165, 1.54) is 26.2 Å². The van der Waals surface area contributed by atoms with Crippen LogP contribution in [0.4, 0.5) is 0 Å². The Hall–Kier alpha value is -0.610. The fourth-order valence-corrected chi connectivity index (χ4v) is 2.62. The smallest absolute Gasteiger partial charge is 0.336 e. The molecule has 1 fully saturated rings. The molecule has 3 atom stereocenters. The number of hydrogen-bond donors (Lipinski definition) is 3. The molecule has 1 aliphatic carbocycles. The van der Waals surface area contributed by atoms with E-state index in [2.05, 4.69) is 19.2 Å². The van der Waals surface area contributed by atoms with Crippen molar-refractivity contribution in [1.82, 2.24) is 5.32 Å². The highest BCUT2D eigenvalue weighted by Crippen LogP contribution is 2.30. The Kier molecular flexibility index (Phi) is 4.95. The SMILES string of the molecule is CC(C)C1CCCCC1NCC(C)(O)C(=O)O. The number of carbonyl (C=O) groups is 1. The third-order valence-electron chi connectivity index (χ3n) is 3.84. The maximum atomic E-state index is 10.8. The minimum Gasteiger partial charge on any atom is -0.479 e. The molecule has 100 valence electrons. The summed E-state index contributed by atoms with van der Waals surface area (Å²) in [6.45, 7) is 5.88. The number of nitrogens with one attached hydrogen (secondary N) is 1. The van der Waals surface area contributed by atoms with Gasteiger partial charge in [0.1, 0.15) is 0 Å². The molecule has 1 aliphatic rings. The van der Waals surface area contributed by atoms with E-state index in [0.29, 0.717) is 17.9 Å². The summed E-state index contributed by atoms with van der Waals surface area (Å²) in [7, 11) is 0. The van der Waals surface area contributed by atoms with E-state index >= 15 is 0 Å². The van der Waals surface area contributed by atoms with Crippen molar-refractivity contribution in [3.05, 3.63) is 0 Å². The molecule has 0 bridgehead atoms. The van der Waals surface area contributed by atoms with Gasteiger partial charge in [0.2, 0.25) is 0 Å². The summed E-state index contributed by atoms with van der Waals surface area (Å²) >= 11 is 0. The Morgan fingerprint density at radius 2 is 2.00 bits per heavy atom. The van der Waals surface area contributed by atoms with Gasteiger partial charge in [-0.25, -0.2) is 4.79 Å². The standard InChI is InChI=1S/C13H25NO3/c1-9(2)10-6-4-5-7-11(10)14-8-13(3,17)12(15)16/h9-11,14,17H,4-8H2,1-3H3,(H,15,16). The van der Waals surface area contributed by atoms with E-state index in [1.807, 2.05) is 0 Å². The zero-order chi connectivity index (χ0) is 13.1. The second-order valence-corrected chi connectivity index (χ2v) is 5.76. The largest absolute Gasteiger partial charge is 0.479 e. The molecule has 0 spiro atoms. The lowest BCUT2D eigenvalue weighted by Crippen LogP contribution is -2.50. The highest BCUT2D eigenvalue weighted by molar-refractivity contribution is 5.76. The summed E-state index contributed by atoms with van der Waals surface area (Å²) in [5.41, 5.74) is -1.67. The summed E-state index contributed by atoms with van der Waals surface area (Å²) < 4.78 is 0. The molecular formula is C13H25NO3. The van der Waals surface area contributed by atoms with Gasteiger partial charge >= 0.3 is 5.97 Å². The van der Waals surface area contributed by atoms with Crippen LogP contribution < -0.4 is 5.32 Å². The average molecular weight is 243 g/mol. The monoisotopic (exact) mass is 243 g/mol. The van der Waals surface area contributed by atoms with Gasteiger partial charge in [-0.2, -0.15) is 0 Å². The summed E-state index contributed by atoms with van der Waals surface area (Å²) in [5, 5.41) is 21.8. The van der Waals surface area contributed by atoms with Gasteiger partial charge in [0, 0.05) is 12.6 Å². The van der Waals surface area contributed by atoms with Crippen LogP contribution in [0.2, 0.25) is 0 Å². The van der Waals surface area contributed by atoms with E-state index in [-0.39, 0.29) is 6.54 Å². The third kappa shape index (κ3) is 3.96. The first-order valence-corrected chi connectivity index (χ1v) is 6.53. The first-order chi connectivity index (χ1) is 7.84. The van der Waals surface area contributed by atoms with Gasteiger partial charge in [-0.1, -0.05) is 26.7 Å². The normalized spacial score (nSPS) is 29.0. The number of rotatable bonds is 5. The van der Waals surface area contributed by atoms with Gasteiger partial charge in [0.05, 0.1) is 0 Å². The first kappa shape index (κ1) is 14.5. The molecule has 0 aromatic heterocycles. The molecule has 0 aromatic rings. The Morgan fingerprint density at radius 1 is 1.41 bits per heavy atom. The van der Waals surface area contributed by atoms with Crippen molar-refractivity contribution in [2.45, 2.75) is 58.1 Å². The van der Waals surface area contributed by atoms with E-state index < -0.39 is 11.6 Å². The first-order valence-electron chi connectivity index (χ1n) is 6.53. The molecule has 0 aliphatic heterocycles. The van der Waals surface area contributed by atoms with Crippen LogP contribution in [0.5, 0.6) is 0 Å². The maximum Gasteiger partial charge on any atom is 0.336 e. The van der Waals surface area contributed by atoms with Gasteiger partial charge in [-0.15, -0.1) is 0 Å². The van der Waals surface area contributed by atoms with Crippen LogP contribution in [0, 0.1) is 11.8 Å². The van der Waals surface area contributed by atoms with Crippen molar-refractivity contribution >= 4 is 5.97 Å². The van der Waals surface area contributed by atoms with Crippen molar-refractivity contribution in [2.75, 3.05) is 6.54 Å². The van der Waals surface area contributed by atoms with E-state index in [9.17, 15) is 9.90 Å². The van der Waals surface area contributed by atoms with Crippen LogP contribution in [0.25, 0.3) is 0 Å². The van der Waals surface area contributed by atoms with Gasteiger partial charge in [-0.05, 0) is 31.6 Å². The van der Waals surface area contributed by atoms with Crippen LogP contribution in [-0.4, -0.2) is 34.4 Å². The van der Waals surface area contributed by atoms with Gasteiger partial charge < -0.3 is 15.5 Å².